The summed E-state index contributed by atoms with van der Waals surface area (Å²) in [5.41, 5.74) is 0.548. The van der Waals surface area contributed by atoms with Crippen LogP contribution in [0.5, 0.6) is 0 Å². The van der Waals surface area contributed by atoms with Crippen LogP contribution in [0.15, 0.2) is 47.1 Å². The molecule has 0 aliphatic carbocycles. The van der Waals surface area contributed by atoms with Gasteiger partial charge in [-0.2, -0.15) is 0 Å². The van der Waals surface area contributed by atoms with Crippen LogP contribution in [0.3, 0.4) is 0 Å². The summed E-state index contributed by atoms with van der Waals surface area (Å²) in [7, 11) is 0. The summed E-state index contributed by atoms with van der Waals surface area (Å²) in [5.74, 6) is 0.115. The van der Waals surface area contributed by atoms with Crippen molar-refractivity contribution in [2.75, 3.05) is 13.1 Å². The molecular formula is C17H17ClN2O3. The number of carbonyl (C=O) groups excluding carboxylic acids is 2. The van der Waals surface area contributed by atoms with Crippen LogP contribution < -0.4 is 5.32 Å². The highest BCUT2D eigenvalue weighted by atomic mass is 35.5. The molecule has 6 heteroatoms. The Balaban J connectivity index is 1.53. The molecule has 1 N–H and O–H groups in total. The topological polar surface area (TPSA) is 62.6 Å². The molecule has 1 fully saturated rings. The van der Waals surface area contributed by atoms with Crippen LogP contribution in [-0.2, 0) is 0 Å². The number of benzene rings is 1. The molecule has 120 valence electrons. The van der Waals surface area contributed by atoms with Crippen LogP contribution in [0.1, 0.15) is 33.8 Å². The monoisotopic (exact) mass is 332 g/mol. The molecule has 0 saturated carbocycles. The average molecular weight is 333 g/mol. The molecule has 0 radical (unpaired) electrons. The molecule has 0 unspecified atom stereocenters. The molecule has 5 nitrogen and oxygen atoms in total. The molecule has 1 aliphatic rings. The van der Waals surface area contributed by atoms with Crippen LogP contribution in [0.4, 0.5) is 0 Å². The van der Waals surface area contributed by atoms with Gasteiger partial charge in [0.1, 0.15) is 0 Å². The number of carbonyl (C=O) groups is 2. The smallest absolute Gasteiger partial charge is 0.289 e. The highest BCUT2D eigenvalue weighted by Crippen LogP contribution is 2.16. The number of rotatable bonds is 3. The summed E-state index contributed by atoms with van der Waals surface area (Å²) in [6, 6.07) is 10.3. The minimum atomic E-state index is -0.136. The molecule has 1 aromatic heterocycles. The van der Waals surface area contributed by atoms with E-state index in [9.17, 15) is 9.59 Å². The van der Waals surface area contributed by atoms with E-state index in [1.807, 2.05) is 0 Å². The third kappa shape index (κ3) is 3.74. The number of piperidine rings is 1. The van der Waals surface area contributed by atoms with Gasteiger partial charge < -0.3 is 14.6 Å². The zero-order chi connectivity index (χ0) is 16.2. The number of likely N-dealkylation sites (tertiary alicyclic amines) is 1. The highest BCUT2D eigenvalue weighted by molar-refractivity contribution is 6.30. The molecule has 1 aromatic carbocycles. The molecule has 0 bridgehead atoms. The fraction of sp³-hybridized carbons (Fsp3) is 0.294. The number of hydrogen-bond acceptors (Lipinski definition) is 3. The first kappa shape index (κ1) is 15.6. The quantitative estimate of drug-likeness (QED) is 0.940. The largest absolute Gasteiger partial charge is 0.459 e. The van der Waals surface area contributed by atoms with Gasteiger partial charge in [0.05, 0.1) is 6.26 Å². The maximum atomic E-state index is 12.2. The third-order valence-electron chi connectivity index (χ3n) is 3.94. The Labute approximate surface area is 139 Å². The van der Waals surface area contributed by atoms with E-state index in [1.54, 1.807) is 41.3 Å². The highest BCUT2D eigenvalue weighted by Gasteiger charge is 2.26. The van der Waals surface area contributed by atoms with Crippen LogP contribution in [0, 0.1) is 0 Å². The normalized spacial score (nSPS) is 15.4. The third-order valence-corrected chi connectivity index (χ3v) is 4.17. The lowest BCUT2D eigenvalue weighted by Gasteiger charge is -2.31. The zero-order valence-corrected chi connectivity index (χ0v) is 13.3. The fourth-order valence-corrected chi connectivity index (χ4v) is 2.87. The van der Waals surface area contributed by atoms with E-state index in [4.69, 9.17) is 16.0 Å². The Morgan fingerprint density at radius 3 is 2.61 bits per heavy atom. The lowest BCUT2D eigenvalue weighted by Crippen LogP contribution is -2.46. The van der Waals surface area contributed by atoms with Gasteiger partial charge in [0, 0.05) is 29.7 Å². The van der Waals surface area contributed by atoms with Crippen molar-refractivity contribution in [3.8, 4) is 0 Å². The molecule has 3 rings (SSSR count). The van der Waals surface area contributed by atoms with Crippen molar-refractivity contribution in [2.24, 2.45) is 0 Å². The lowest BCUT2D eigenvalue weighted by molar-refractivity contribution is 0.0667. The van der Waals surface area contributed by atoms with Gasteiger partial charge in [0.2, 0.25) is 0 Å². The first-order valence-electron chi connectivity index (χ1n) is 7.52. The van der Waals surface area contributed by atoms with Crippen molar-refractivity contribution in [3.05, 3.63) is 59.0 Å². The second kappa shape index (κ2) is 6.87. The van der Waals surface area contributed by atoms with Crippen molar-refractivity contribution in [2.45, 2.75) is 18.9 Å². The standard InChI is InChI=1S/C17H17ClN2O3/c18-13-4-1-3-12(11-13)16(21)19-14-6-8-20(9-7-14)17(22)15-5-2-10-23-15/h1-5,10-11,14H,6-9H2,(H,19,21). The van der Waals surface area contributed by atoms with Crippen molar-refractivity contribution in [1.29, 1.82) is 0 Å². The molecule has 0 spiro atoms. The van der Waals surface area contributed by atoms with Gasteiger partial charge in [-0.3, -0.25) is 9.59 Å². The summed E-state index contributed by atoms with van der Waals surface area (Å²) in [4.78, 5) is 26.1. The van der Waals surface area contributed by atoms with Crippen molar-refractivity contribution < 1.29 is 14.0 Å². The molecular weight excluding hydrogens is 316 g/mol. The second-order valence-corrected chi connectivity index (χ2v) is 5.96. The van der Waals surface area contributed by atoms with Gasteiger partial charge in [0.25, 0.3) is 11.8 Å². The number of furan rings is 1. The summed E-state index contributed by atoms with van der Waals surface area (Å²) in [6.07, 6.45) is 2.93. The number of halogens is 1. The van der Waals surface area contributed by atoms with Gasteiger partial charge in [-0.1, -0.05) is 17.7 Å². The Morgan fingerprint density at radius 1 is 1.17 bits per heavy atom. The first-order chi connectivity index (χ1) is 11.1. The van der Waals surface area contributed by atoms with E-state index < -0.39 is 0 Å². The van der Waals surface area contributed by atoms with Gasteiger partial charge in [-0.05, 0) is 43.2 Å². The van der Waals surface area contributed by atoms with Crippen LogP contribution in [0.25, 0.3) is 0 Å². The maximum absolute atomic E-state index is 12.2. The summed E-state index contributed by atoms with van der Waals surface area (Å²) in [6.45, 7) is 1.19. The molecule has 2 amide bonds. The first-order valence-corrected chi connectivity index (χ1v) is 7.90. The Hall–Kier alpha value is -2.27. The van der Waals surface area contributed by atoms with Crippen molar-refractivity contribution in [1.82, 2.24) is 10.2 Å². The van der Waals surface area contributed by atoms with Gasteiger partial charge in [0.15, 0.2) is 5.76 Å². The predicted molar refractivity (Wildman–Crippen MR) is 86.6 cm³/mol. The molecule has 23 heavy (non-hydrogen) atoms. The average Bonchev–Trinajstić information content (AvgIpc) is 3.09. The van der Waals surface area contributed by atoms with E-state index in [0.29, 0.717) is 29.4 Å². The number of nitrogens with zero attached hydrogens (tertiary/aromatic N) is 1. The van der Waals surface area contributed by atoms with E-state index in [0.717, 1.165) is 12.8 Å². The zero-order valence-electron chi connectivity index (χ0n) is 12.5. The molecule has 1 saturated heterocycles. The molecule has 1 aliphatic heterocycles. The van der Waals surface area contributed by atoms with E-state index >= 15 is 0 Å². The molecule has 2 aromatic rings. The van der Waals surface area contributed by atoms with Crippen molar-refractivity contribution in [3.63, 3.8) is 0 Å². The summed E-state index contributed by atoms with van der Waals surface area (Å²) in [5, 5.41) is 3.54. The Kier molecular flexibility index (Phi) is 4.67. The Bertz CT molecular complexity index is 692. The minimum absolute atomic E-state index is 0.0575. The number of hydrogen-bond donors (Lipinski definition) is 1. The lowest BCUT2D eigenvalue weighted by atomic mass is 10.0. The van der Waals surface area contributed by atoms with E-state index in [2.05, 4.69) is 5.32 Å². The summed E-state index contributed by atoms with van der Waals surface area (Å²) < 4.78 is 5.14. The Morgan fingerprint density at radius 2 is 1.96 bits per heavy atom. The van der Waals surface area contributed by atoms with Crippen LogP contribution in [-0.4, -0.2) is 35.8 Å². The molecule has 2 heterocycles. The van der Waals surface area contributed by atoms with Gasteiger partial charge in [-0.25, -0.2) is 0 Å². The minimum Gasteiger partial charge on any atom is -0.459 e. The van der Waals surface area contributed by atoms with Crippen molar-refractivity contribution >= 4 is 23.4 Å². The summed E-state index contributed by atoms with van der Waals surface area (Å²) >= 11 is 5.90. The fourth-order valence-electron chi connectivity index (χ4n) is 2.68. The molecule has 0 atom stereocenters. The van der Waals surface area contributed by atoms with Gasteiger partial charge in [-0.15, -0.1) is 0 Å². The van der Waals surface area contributed by atoms with Crippen LogP contribution in [0.2, 0.25) is 5.02 Å². The van der Waals surface area contributed by atoms with E-state index in [1.165, 1.54) is 6.26 Å². The number of amides is 2. The number of nitrogens with one attached hydrogen (secondary N) is 1. The predicted octanol–water partition coefficient (Wildman–Crippen LogP) is 2.97. The maximum Gasteiger partial charge on any atom is 0.289 e. The van der Waals surface area contributed by atoms with Crippen LogP contribution >= 0.6 is 11.6 Å². The second-order valence-electron chi connectivity index (χ2n) is 5.53. The van der Waals surface area contributed by atoms with Gasteiger partial charge >= 0.3 is 0 Å². The van der Waals surface area contributed by atoms with E-state index in [-0.39, 0.29) is 17.9 Å². The SMILES string of the molecule is O=C(NC1CCN(C(=O)c2ccco2)CC1)c1cccc(Cl)c1.